The van der Waals surface area contributed by atoms with Crippen molar-refractivity contribution >= 4 is 11.7 Å². The number of morpholine rings is 1. The average Bonchev–Trinajstić information content (AvgIpc) is 2.37. The maximum absolute atomic E-state index is 11.4. The smallest absolute Gasteiger partial charge is 0.328 e. The van der Waals surface area contributed by atoms with Crippen LogP contribution in [-0.4, -0.2) is 36.9 Å². The number of hydrogen-bond donors (Lipinski definition) is 1. The van der Waals surface area contributed by atoms with E-state index in [1.165, 1.54) is 5.56 Å². The van der Waals surface area contributed by atoms with E-state index in [1.54, 1.807) is 0 Å². The van der Waals surface area contributed by atoms with Gasteiger partial charge in [-0.25, -0.2) is 4.79 Å². The monoisotopic (exact) mass is 263 g/mol. The molecule has 1 fully saturated rings. The lowest BCUT2D eigenvalue weighted by molar-refractivity contribution is -0.141. The largest absolute Gasteiger partial charge is 0.480 e. The highest BCUT2D eigenvalue weighted by molar-refractivity contribution is 5.79. The molecule has 1 N–H and O–H groups in total. The molecular formula is C15H21NO3. The topological polar surface area (TPSA) is 49.8 Å². The van der Waals surface area contributed by atoms with Crippen molar-refractivity contribution in [3.05, 3.63) is 29.8 Å². The predicted octanol–water partition coefficient (Wildman–Crippen LogP) is 2.27. The third-order valence-electron chi connectivity index (χ3n) is 3.44. The first-order chi connectivity index (χ1) is 8.91. The third-order valence-corrected chi connectivity index (χ3v) is 3.44. The van der Waals surface area contributed by atoms with Gasteiger partial charge in [0.05, 0.1) is 13.2 Å². The Hall–Kier alpha value is -1.55. The number of para-hydroxylation sites is 1. The summed E-state index contributed by atoms with van der Waals surface area (Å²) in [6.45, 7) is 7.85. The molecule has 4 nitrogen and oxygen atoms in total. The van der Waals surface area contributed by atoms with Crippen LogP contribution in [0.3, 0.4) is 0 Å². The zero-order valence-corrected chi connectivity index (χ0v) is 11.7. The van der Waals surface area contributed by atoms with Crippen molar-refractivity contribution in [2.45, 2.75) is 32.2 Å². The fraction of sp³-hybridized carbons (Fsp3) is 0.533. The summed E-state index contributed by atoms with van der Waals surface area (Å²) in [5, 5.41) is 9.34. The van der Waals surface area contributed by atoms with E-state index in [0.29, 0.717) is 13.2 Å². The van der Waals surface area contributed by atoms with Gasteiger partial charge in [0.2, 0.25) is 0 Å². The zero-order chi connectivity index (χ0) is 14.0. The van der Waals surface area contributed by atoms with Gasteiger partial charge in [0, 0.05) is 12.2 Å². The average molecular weight is 263 g/mol. The molecule has 1 atom stereocenters. The molecule has 0 radical (unpaired) electrons. The Morgan fingerprint density at radius 2 is 2.05 bits per heavy atom. The highest BCUT2D eigenvalue weighted by atomic mass is 16.5. The summed E-state index contributed by atoms with van der Waals surface area (Å²) < 4.78 is 5.30. The lowest BCUT2D eigenvalue weighted by Crippen LogP contribution is -2.50. The normalized spacial score (nSPS) is 20.4. The molecule has 2 rings (SSSR count). The van der Waals surface area contributed by atoms with Gasteiger partial charge in [-0.3, -0.25) is 0 Å². The zero-order valence-electron chi connectivity index (χ0n) is 11.7. The second-order valence-corrected chi connectivity index (χ2v) is 5.89. The molecule has 0 spiro atoms. The molecule has 1 aromatic carbocycles. The molecule has 1 aliphatic rings. The molecule has 0 aromatic heterocycles. The molecule has 4 heteroatoms. The minimum Gasteiger partial charge on any atom is -0.480 e. The van der Waals surface area contributed by atoms with Crippen LogP contribution in [0.1, 0.15) is 26.3 Å². The number of anilines is 1. The van der Waals surface area contributed by atoms with Crippen LogP contribution in [0.5, 0.6) is 0 Å². The fourth-order valence-corrected chi connectivity index (χ4v) is 2.45. The SMILES string of the molecule is CC(C)(C)c1ccccc1N1CCOCC1C(=O)O. The maximum Gasteiger partial charge on any atom is 0.328 e. The van der Waals surface area contributed by atoms with Crippen molar-refractivity contribution < 1.29 is 14.6 Å². The van der Waals surface area contributed by atoms with Crippen LogP contribution in [0, 0.1) is 0 Å². The summed E-state index contributed by atoms with van der Waals surface area (Å²) in [6.07, 6.45) is 0. The summed E-state index contributed by atoms with van der Waals surface area (Å²) in [7, 11) is 0. The quantitative estimate of drug-likeness (QED) is 0.889. The fourth-order valence-electron chi connectivity index (χ4n) is 2.45. The van der Waals surface area contributed by atoms with Crippen molar-refractivity contribution in [2.75, 3.05) is 24.7 Å². The molecule has 1 unspecified atom stereocenters. The molecule has 0 bridgehead atoms. The Bertz CT molecular complexity index is 465. The minimum absolute atomic E-state index is 0.0159. The number of rotatable bonds is 2. The van der Waals surface area contributed by atoms with Crippen molar-refractivity contribution in [3.8, 4) is 0 Å². The van der Waals surface area contributed by atoms with E-state index in [2.05, 4.69) is 26.8 Å². The molecule has 1 aromatic rings. The van der Waals surface area contributed by atoms with Crippen LogP contribution >= 0.6 is 0 Å². The van der Waals surface area contributed by atoms with Gasteiger partial charge in [0.1, 0.15) is 0 Å². The molecular weight excluding hydrogens is 242 g/mol. The number of nitrogens with zero attached hydrogens (tertiary/aromatic N) is 1. The summed E-state index contributed by atoms with van der Waals surface area (Å²) in [4.78, 5) is 13.3. The van der Waals surface area contributed by atoms with Gasteiger partial charge in [-0.2, -0.15) is 0 Å². The van der Waals surface area contributed by atoms with E-state index in [-0.39, 0.29) is 12.0 Å². The van der Waals surface area contributed by atoms with Gasteiger partial charge in [-0.15, -0.1) is 0 Å². The van der Waals surface area contributed by atoms with Crippen LogP contribution in [-0.2, 0) is 14.9 Å². The molecule has 1 saturated heterocycles. The van der Waals surface area contributed by atoms with Crippen molar-refractivity contribution in [2.24, 2.45) is 0 Å². The molecule has 0 amide bonds. The molecule has 1 aliphatic heterocycles. The summed E-state index contributed by atoms with van der Waals surface area (Å²) in [5.74, 6) is -0.830. The molecule has 1 heterocycles. The van der Waals surface area contributed by atoms with E-state index < -0.39 is 12.0 Å². The summed E-state index contributed by atoms with van der Waals surface area (Å²) in [6, 6.07) is 7.43. The lowest BCUT2D eigenvalue weighted by atomic mass is 9.85. The Labute approximate surface area is 114 Å². The van der Waals surface area contributed by atoms with Crippen LogP contribution in [0.2, 0.25) is 0 Å². The van der Waals surface area contributed by atoms with Gasteiger partial charge >= 0.3 is 5.97 Å². The lowest BCUT2D eigenvalue weighted by Gasteiger charge is -2.38. The van der Waals surface area contributed by atoms with Crippen LogP contribution in [0.15, 0.2) is 24.3 Å². The second-order valence-electron chi connectivity index (χ2n) is 5.89. The van der Waals surface area contributed by atoms with E-state index in [4.69, 9.17) is 4.74 Å². The third kappa shape index (κ3) is 2.89. The number of carbonyl (C=O) groups is 1. The highest BCUT2D eigenvalue weighted by Gasteiger charge is 2.32. The van der Waals surface area contributed by atoms with Gasteiger partial charge in [0.25, 0.3) is 0 Å². The number of carboxylic acid groups (broad SMARTS) is 1. The first-order valence-corrected chi connectivity index (χ1v) is 6.58. The second kappa shape index (κ2) is 5.21. The number of carboxylic acids is 1. The predicted molar refractivity (Wildman–Crippen MR) is 74.7 cm³/mol. The Balaban J connectivity index is 2.42. The van der Waals surface area contributed by atoms with Crippen molar-refractivity contribution in [3.63, 3.8) is 0 Å². The van der Waals surface area contributed by atoms with Crippen molar-refractivity contribution in [1.82, 2.24) is 0 Å². The first kappa shape index (κ1) is 13.9. The molecule has 0 aliphatic carbocycles. The molecule has 19 heavy (non-hydrogen) atoms. The molecule has 104 valence electrons. The van der Waals surface area contributed by atoms with E-state index in [0.717, 1.165) is 5.69 Å². The van der Waals surface area contributed by atoms with Crippen LogP contribution < -0.4 is 4.90 Å². The Morgan fingerprint density at radius 1 is 1.37 bits per heavy atom. The van der Waals surface area contributed by atoms with E-state index >= 15 is 0 Å². The van der Waals surface area contributed by atoms with Gasteiger partial charge in [0.15, 0.2) is 6.04 Å². The first-order valence-electron chi connectivity index (χ1n) is 6.58. The minimum atomic E-state index is -0.830. The Kier molecular flexibility index (Phi) is 3.80. The van der Waals surface area contributed by atoms with E-state index in [1.807, 2.05) is 23.1 Å². The van der Waals surface area contributed by atoms with Crippen molar-refractivity contribution in [1.29, 1.82) is 0 Å². The summed E-state index contributed by atoms with van der Waals surface area (Å²) >= 11 is 0. The number of benzene rings is 1. The molecule has 0 saturated carbocycles. The number of ether oxygens (including phenoxy) is 1. The Morgan fingerprint density at radius 3 is 2.68 bits per heavy atom. The van der Waals surface area contributed by atoms with Gasteiger partial charge < -0.3 is 14.7 Å². The standard InChI is InChI=1S/C15H21NO3/c1-15(2,3)11-6-4-5-7-12(11)16-8-9-19-10-13(16)14(17)18/h4-7,13H,8-10H2,1-3H3,(H,17,18). The maximum atomic E-state index is 11.4. The number of aliphatic carboxylic acids is 1. The van der Waals surface area contributed by atoms with Crippen LogP contribution in [0.25, 0.3) is 0 Å². The summed E-state index contributed by atoms with van der Waals surface area (Å²) in [5.41, 5.74) is 2.16. The van der Waals surface area contributed by atoms with Crippen LogP contribution in [0.4, 0.5) is 5.69 Å². The highest BCUT2D eigenvalue weighted by Crippen LogP contribution is 2.33. The number of hydrogen-bond acceptors (Lipinski definition) is 3. The van der Waals surface area contributed by atoms with Gasteiger partial charge in [-0.1, -0.05) is 39.0 Å². The van der Waals surface area contributed by atoms with E-state index in [9.17, 15) is 9.90 Å². The van der Waals surface area contributed by atoms with Gasteiger partial charge in [-0.05, 0) is 17.0 Å².